The van der Waals surface area contributed by atoms with E-state index in [-0.39, 0.29) is 6.04 Å². The van der Waals surface area contributed by atoms with Crippen molar-refractivity contribution in [3.63, 3.8) is 0 Å². The Morgan fingerprint density at radius 1 is 1.15 bits per heavy atom. The Hall–Kier alpha value is -1.75. The summed E-state index contributed by atoms with van der Waals surface area (Å²) in [4.78, 5) is 1.69. The van der Waals surface area contributed by atoms with Crippen LogP contribution in [0.3, 0.4) is 0 Å². The van der Waals surface area contributed by atoms with E-state index >= 15 is 0 Å². The quantitative estimate of drug-likeness (QED) is 0.762. The van der Waals surface area contributed by atoms with Gasteiger partial charge in [-0.3, -0.25) is 5.43 Å². The number of benzene rings is 1. The maximum absolute atomic E-state index is 5.50. The van der Waals surface area contributed by atoms with Crippen LogP contribution in [0.4, 0.5) is 0 Å². The van der Waals surface area contributed by atoms with Crippen LogP contribution in [0.1, 0.15) is 24.4 Å². The zero-order valence-corrected chi connectivity index (χ0v) is 11.3. The van der Waals surface area contributed by atoms with Gasteiger partial charge in [0.2, 0.25) is 6.79 Å². The number of ether oxygens (including phenoxy) is 2. The van der Waals surface area contributed by atoms with Crippen molar-refractivity contribution in [1.82, 2.24) is 5.43 Å². The molecule has 0 unspecified atom stereocenters. The molecule has 0 radical (unpaired) electrons. The van der Waals surface area contributed by atoms with Gasteiger partial charge in [-0.2, -0.15) is 5.10 Å². The van der Waals surface area contributed by atoms with Crippen LogP contribution in [-0.2, 0) is 0 Å². The Morgan fingerprint density at radius 3 is 2.90 bits per heavy atom. The summed E-state index contributed by atoms with van der Waals surface area (Å²) < 4.78 is 10.9. The van der Waals surface area contributed by atoms with Crippen LogP contribution in [0.2, 0.25) is 0 Å². The van der Waals surface area contributed by atoms with Crippen LogP contribution in [0.5, 0.6) is 11.5 Å². The monoisotopic (exact) mass is 272 g/mol. The molecule has 1 aromatic rings. The van der Waals surface area contributed by atoms with E-state index in [1.165, 1.54) is 37.2 Å². The standard InChI is InChI=1S/C15H17N3O2/c1-2-11-12(20-8-19-11)7-10(1)14-15-13(16-17-14)9-3-5-18(15)6-4-9/h1-2,7,9,14-15,17H,3-6,8H2/p+1/t14-,15-/m1/s1. The SMILES string of the molecule is c1cc2c(cc1[C@H]1NN=C3C4CC[NH+](CC4)[C@H]31)OCO2. The number of nitrogens with zero attached hydrogens (tertiary/aromatic N) is 1. The molecule has 2 bridgehead atoms. The van der Waals surface area contributed by atoms with Crippen molar-refractivity contribution in [1.29, 1.82) is 0 Å². The third kappa shape index (κ3) is 1.38. The number of hydrogen-bond donors (Lipinski definition) is 2. The number of fused-ring (bicyclic) bond motifs is 3. The minimum atomic E-state index is 0.289. The average molecular weight is 272 g/mol. The summed E-state index contributed by atoms with van der Waals surface area (Å²) >= 11 is 0. The predicted octanol–water partition coefficient (Wildman–Crippen LogP) is 0.0927. The molecule has 0 aromatic heterocycles. The molecule has 0 spiro atoms. The van der Waals surface area contributed by atoms with Gasteiger partial charge in [0.25, 0.3) is 0 Å². The van der Waals surface area contributed by atoms with Gasteiger partial charge in [-0.1, -0.05) is 6.07 Å². The molecular weight excluding hydrogens is 254 g/mol. The number of hydrazone groups is 1. The normalized spacial score (nSPS) is 36.5. The van der Waals surface area contributed by atoms with Crippen LogP contribution in [0.25, 0.3) is 0 Å². The lowest BCUT2D eigenvalue weighted by Crippen LogP contribution is -3.20. The number of nitrogens with one attached hydrogen (secondary N) is 2. The van der Waals surface area contributed by atoms with E-state index in [9.17, 15) is 0 Å². The highest BCUT2D eigenvalue weighted by Crippen LogP contribution is 2.37. The van der Waals surface area contributed by atoms with Crippen LogP contribution < -0.4 is 19.8 Å². The zero-order chi connectivity index (χ0) is 13.1. The molecule has 5 heterocycles. The molecule has 3 fully saturated rings. The number of quaternary nitrogens is 1. The first kappa shape index (κ1) is 11.0. The molecule has 2 N–H and O–H groups in total. The number of rotatable bonds is 1. The maximum Gasteiger partial charge on any atom is 0.231 e. The minimum absolute atomic E-state index is 0.289. The fourth-order valence-electron chi connectivity index (χ4n) is 4.22. The van der Waals surface area contributed by atoms with Crippen molar-refractivity contribution >= 4 is 5.71 Å². The lowest BCUT2D eigenvalue weighted by Gasteiger charge is -2.42. The Morgan fingerprint density at radius 2 is 2.00 bits per heavy atom. The third-order valence-electron chi connectivity index (χ3n) is 5.23. The molecule has 5 aliphatic heterocycles. The summed E-state index contributed by atoms with van der Waals surface area (Å²) in [5.74, 6) is 2.43. The zero-order valence-electron chi connectivity index (χ0n) is 11.3. The van der Waals surface area contributed by atoms with Crippen LogP contribution in [0, 0.1) is 5.92 Å². The van der Waals surface area contributed by atoms with Crippen molar-refractivity contribution in [3.05, 3.63) is 23.8 Å². The van der Waals surface area contributed by atoms with E-state index in [0.717, 1.165) is 11.5 Å². The Bertz CT molecular complexity index is 593. The average Bonchev–Trinajstić information content (AvgIpc) is 3.15. The lowest BCUT2D eigenvalue weighted by molar-refractivity contribution is -0.927. The van der Waals surface area contributed by atoms with E-state index in [2.05, 4.69) is 22.7 Å². The van der Waals surface area contributed by atoms with Crippen LogP contribution >= 0.6 is 0 Å². The molecule has 2 atom stereocenters. The van der Waals surface area contributed by atoms with E-state index in [1.807, 2.05) is 6.07 Å². The Balaban J connectivity index is 1.51. The summed E-state index contributed by atoms with van der Waals surface area (Å²) in [5, 5.41) is 4.67. The van der Waals surface area contributed by atoms with Crippen molar-refractivity contribution in [3.8, 4) is 11.5 Å². The first-order valence-corrected chi connectivity index (χ1v) is 7.47. The lowest BCUT2D eigenvalue weighted by atomic mass is 9.78. The number of hydrogen-bond acceptors (Lipinski definition) is 4. The summed E-state index contributed by atoms with van der Waals surface area (Å²) in [7, 11) is 0. The summed E-state index contributed by atoms with van der Waals surface area (Å²) in [6.07, 6.45) is 2.61. The molecule has 6 rings (SSSR count). The van der Waals surface area contributed by atoms with E-state index in [0.29, 0.717) is 18.8 Å². The minimum Gasteiger partial charge on any atom is -0.454 e. The smallest absolute Gasteiger partial charge is 0.231 e. The highest BCUT2D eigenvalue weighted by Gasteiger charge is 2.50. The second-order valence-electron chi connectivity index (χ2n) is 6.17. The van der Waals surface area contributed by atoms with Gasteiger partial charge >= 0.3 is 0 Å². The van der Waals surface area contributed by atoms with Gasteiger partial charge in [-0.15, -0.1) is 0 Å². The molecule has 5 nitrogen and oxygen atoms in total. The van der Waals surface area contributed by atoms with Gasteiger partial charge in [-0.05, 0) is 17.7 Å². The fraction of sp³-hybridized carbons (Fsp3) is 0.533. The molecule has 0 amide bonds. The Labute approximate surface area is 117 Å². The topological polar surface area (TPSA) is 47.3 Å². The van der Waals surface area contributed by atoms with Gasteiger partial charge in [-0.25, -0.2) is 0 Å². The molecule has 5 aliphatic rings. The van der Waals surface area contributed by atoms with Crippen molar-refractivity contribution < 1.29 is 14.4 Å². The molecule has 5 heteroatoms. The summed E-state index contributed by atoms with van der Waals surface area (Å²) in [6, 6.07) is 7.08. The van der Waals surface area contributed by atoms with Gasteiger partial charge in [0.05, 0.1) is 13.1 Å². The largest absolute Gasteiger partial charge is 0.454 e. The van der Waals surface area contributed by atoms with Crippen molar-refractivity contribution in [2.24, 2.45) is 11.0 Å². The van der Waals surface area contributed by atoms with E-state index < -0.39 is 0 Å². The first-order chi connectivity index (χ1) is 9.90. The summed E-state index contributed by atoms with van der Waals surface area (Å²) in [6.45, 7) is 2.91. The highest BCUT2D eigenvalue weighted by molar-refractivity contribution is 5.93. The van der Waals surface area contributed by atoms with Gasteiger partial charge in [0.15, 0.2) is 17.5 Å². The van der Waals surface area contributed by atoms with Gasteiger partial charge in [0.1, 0.15) is 11.8 Å². The first-order valence-electron chi connectivity index (χ1n) is 7.47. The molecule has 1 aromatic carbocycles. The van der Waals surface area contributed by atoms with Crippen molar-refractivity contribution in [2.45, 2.75) is 24.9 Å². The number of piperidine rings is 3. The molecular formula is C15H18N3O2+. The molecule has 3 saturated heterocycles. The molecule has 104 valence electrons. The fourth-order valence-corrected chi connectivity index (χ4v) is 4.22. The highest BCUT2D eigenvalue weighted by atomic mass is 16.7. The van der Waals surface area contributed by atoms with Crippen molar-refractivity contribution in [2.75, 3.05) is 19.9 Å². The third-order valence-corrected chi connectivity index (χ3v) is 5.23. The van der Waals surface area contributed by atoms with Crippen LogP contribution in [0.15, 0.2) is 23.3 Å². The summed E-state index contributed by atoms with van der Waals surface area (Å²) in [5.41, 5.74) is 6.04. The molecule has 0 aliphatic carbocycles. The van der Waals surface area contributed by atoms with E-state index in [4.69, 9.17) is 9.47 Å². The Kier molecular flexibility index (Phi) is 2.13. The van der Waals surface area contributed by atoms with Crippen LogP contribution in [-0.4, -0.2) is 31.6 Å². The van der Waals surface area contributed by atoms with Gasteiger partial charge in [0, 0.05) is 18.8 Å². The second-order valence-corrected chi connectivity index (χ2v) is 6.17. The maximum atomic E-state index is 5.50. The molecule has 20 heavy (non-hydrogen) atoms. The van der Waals surface area contributed by atoms with Gasteiger partial charge < -0.3 is 14.4 Å². The van der Waals surface area contributed by atoms with E-state index in [1.54, 1.807) is 4.90 Å². The predicted molar refractivity (Wildman–Crippen MR) is 73.1 cm³/mol. The second kappa shape index (κ2) is 3.88. The molecule has 0 saturated carbocycles.